The highest BCUT2D eigenvalue weighted by atomic mass is 16.5. The molecule has 2 aromatic carbocycles. The highest BCUT2D eigenvalue weighted by molar-refractivity contribution is 5.90. The van der Waals surface area contributed by atoms with Gasteiger partial charge in [0.15, 0.2) is 6.10 Å². The van der Waals surface area contributed by atoms with E-state index in [1.165, 1.54) is 14.1 Å². The maximum atomic E-state index is 13.5. The molecule has 11 nitrogen and oxygen atoms in total. The minimum absolute atomic E-state index is 0.00383. The van der Waals surface area contributed by atoms with Crippen molar-refractivity contribution < 1.29 is 33.8 Å². The normalized spacial score (nSPS) is 14.7. The summed E-state index contributed by atoms with van der Waals surface area (Å²) in [5.74, 6) is -2.57. The van der Waals surface area contributed by atoms with Gasteiger partial charge < -0.3 is 35.8 Å². The first-order valence-electron chi connectivity index (χ1n) is 14.5. The van der Waals surface area contributed by atoms with E-state index < -0.39 is 48.1 Å². The lowest BCUT2D eigenvalue weighted by molar-refractivity contribution is -0.151. The van der Waals surface area contributed by atoms with Gasteiger partial charge >= 0.3 is 0 Å². The Balaban J connectivity index is 2.34. The third-order valence-corrected chi connectivity index (χ3v) is 6.91. The van der Waals surface area contributed by atoms with Crippen LogP contribution in [-0.4, -0.2) is 73.2 Å². The Labute approximate surface area is 254 Å². The number of carbonyl (C=O) groups excluding carboxylic acids is 4. The fourth-order valence-electron chi connectivity index (χ4n) is 4.35. The van der Waals surface area contributed by atoms with Crippen LogP contribution < -0.4 is 21.3 Å². The number of nitrogens with one attached hydrogen (secondary N) is 4. The van der Waals surface area contributed by atoms with Crippen molar-refractivity contribution in [3.05, 3.63) is 71.8 Å². The van der Waals surface area contributed by atoms with E-state index >= 15 is 0 Å². The maximum absolute atomic E-state index is 13.5. The van der Waals surface area contributed by atoms with E-state index in [1.807, 2.05) is 60.7 Å². The van der Waals surface area contributed by atoms with E-state index in [-0.39, 0.29) is 37.4 Å². The molecular formula is C32H46N4O7. The van der Waals surface area contributed by atoms with Gasteiger partial charge in [0.25, 0.3) is 5.91 Å². The summed E-state index contributed by atoms with van der Waals surface area (Å²) >= 11 is 0. The van der Waals surface area contributed by atoms with E-state index in [9.17, 15) is 24.3 Å². The maximum Gasteiger partial charge on any atom is 0.252 e. The molecule has 11 heteroatoms. The summed E-state index contributed by atoms with van der Waals surface area (Å²) in [6, 6.07) is 16.6. The first-order chi connectivity index (χ1) is 20.5. The molecule has 43 heavy (non-hydrogen) atoms. The van der Waals surface area contributed by atoms with E-state index in [2.05, 4.69) is 21.3 Å². The predicted octanol–water partition coefficient (Wildman–Crippen LogP) is 1.68. The first kappa shape index (κ1) is 35.4. The van der Waals surface area contributed by atoms with Gasteiger partial charge in [-0.2, -0.15) is 0 Å². The molecule has 0 unspecified atom stereocenters. The summed E-state index contributed by atoms with van der Waals surface area (Å²) in [5.41, 5.74) is 1.56. The Kier molecular flexibility index (Phi) is 14.8. The topological polar surface area (TPSA) is 155 Å². The number of ether oxygens (including phenoxy) is 2. The molecule has 0 fully saturated rings. The molecule has 5 N–H and O–H groups in total. The Morgan fingerprint density at radius 1 is 0.651 bits per heavy atom. The number of hydrogen-bond acceptors (Lipinski definition) is 7. The van der Waals surface area contributed by atoms with Gasteiger partial charge in [-0.05, 0) is 23.0 Å². The average Bonchev–Trinajstić information content (AvgIpc) is 3.00. The third kappa shape index (κ3) is 11.4. The fourth-order valence-corrected chi connectivity index (χ4v) is 4.35. The van der Waals surface area contributed by atoms with Gasteiger partial charge in [-0.3, -0.25) is 19.2 Å². The molecule has 4 amide bonds. The molecule has 0 saturated carbocycles. The number of aliphatic hydroxyl groups is 1. The molecule has 0 heterocycles. The van der Waals surface area contributed by atoms with Gasteiger partial charge in [-0.1, -0.05) is 88.4 Å². The highest BCUT2D eigenvalue weighted by Gasteiger charge is 2.36. The molecule has 236 valence electrons. The second kappa shape index (κ2) is 18.0. The molecule has 0 aliphatic rings. The van der Waals surface area contributed by atoms with Crippen LogP contribution in [0.15, 0.2) is 60.7 Å². The monoisotopic (exact) mass is 598 g/mol. The summed E-state index contributed by atoms with van der Waals surface area (Å²) < 4.78 is 11.9. The van der Waals surface area contributed by atoms with Crippen molar-refractivity contribution in [3.63, 3.8) is 0 Å². The molecule has 0 saturated heterocycles. The zero-order valence-electron chi connectivity index (χ0n) is 25.8. The van der Waals surface area contributed by atoms with Crippen LogP contribution in [0.5, 0.6) is 0 Å². The standard InChI is InChI=1S/C32H46N4O7/c1-20(2)26(30(39)33-5)35-29(38)25(42-18-22-13-9-7-10-14-22)17-24(37)28(43-19-23-15-11-8-12-16-23)32(41)36-27(21(3)4)31(40)34-6/h7-16,20-21,24-28,37H,17-19H2,1-6H3,(H,33,39)(H,34,40)(H,35,38)(H,36,41)/t24-,25-,26+,27+,28-/m1/s1. The number of amides is 4. The number of likely N-dealkylation sites (N-methyl/N-ethyl adjacent to an activating group) is 2. The zero-order chi connectivity index (χ0) is 31.9. The van der Waals surface area contributed by atoms with Gasteiger partial charge in [-0.15, -0.1) is 0 Å². The lowest BCUT2D eigenvalue weighted by Gasteiger charge is -2.29. The van der Waals surface area contributed by atoms with Crippen molar-refractivity contribution in [3.8, 4) is 0 Å². The smallest absolute Gasteiger partial charge is 0.252 e. The van der Waals surface area contributed by atoms with Crippen LogP contribution in [0.2, 0.25) is 0 Å². The SMILES string of the molecule is CNC(=O)[C@@H](NC(=O)[C@@H](C[C@@H](O)[C@@H](OCc1ccccc1)C(=O)N[C@H](C(=O)NC)C(C)C)OCc1ccccc1)C(C)C. The molecule has 0 aromatic heterocycles. The second-order valence-corrected chi connectivity index (χ2v) is 11.0. The average molecular weight is 599 g/mol. The number of carbonyl (C=O) groups is 4. The molecule has 2 aromatic rings. The largest absolute Gasteiger partial charge is 0.390 e. The summed E-state index contributed by atoms with van der Waals surface area (Å²) in [6.07, 6.45) is -4.51. The molecule has 2 rings (SSSR count). The Morgan fingerprint density at radius 2 is 1.07 bits per heavy atom. The third-order valence-electron chi connectivity index (χ3n) is 6.91. The van der Waals surface area contributed by atoms with Crippen molar-refractivity contribution in [2.45, 2.75) is 77.7 Å². The van der Waals surface area contributed by atoms with E-state index in [0.29, 0.717) is 0 Å². The molecule has 0 aliphatic heterocycles. The minimum Gasteiger partial charge on any atom is -0.390 e. The minimum atomic E-state index is -1.51. The van der Waals surface area contributed by atoms with E-state index in [1.54, 1.807) is 27.7 Å². The summed E-state index contributed by atoms with van der Waals surface area (Å²) in [5, 5.41) is 21.9. The Morgan fingerprint density at radius 3 is 1.49 bits per heavy atom. The lowest BCUT2D eigenvalue weighted by Crippen LogP contribution is -2.55. The van der Waals surface area contributed by atoms with E-state index in [4.69, 9.17) is 9.47 Å². The van der Waals surface area contributed by atoms with Crippen molar-refractivity contribution >= 4 is 23.6 Å². The second-order valence-electron chi connectivity index (χ2n) is 11.0. The van der Waals surface area contributed by atoms with Gasteiger partial charge in [-0.25, -0.2) is 0 Å². The molecule has 5 atom stereocenters. The van der Waals surface area contributed by atoms with Crippen LogP contribution in [0.3, 0.4) is 0 Å². The summed E-state index contributed by atoms with van der Waals surface area (Å²) in [7, 11) is 2.95. The number of aliphatic hydroxyl groups excluding tert-OH is 1. The van der Waals surface area contributed by atoms with Crippen LogP contribution in [0, 0.1) is 11.8 Å². The van der Waals surface area contributed by atoms with Gasteiger partial charge in [0.05, 0.1) is 19.3 Å². The number of hydrogen-bond donors (Lipinski definition) is 5. The van der Waals surface area contributed by atoms with Gasteiger partial charge in [0, 0.05) is 20.5 Å². The quantitative estimate of drug-likeness (QED) is 0.186. The molecule has 0 radical (unpaired) electrons. The zero-order valence-corrected chi connectivity index (χ0v) is 25.8. The number of benzene rings is 2. The Hall–Kier alpha value is -3.80. The highest BCUT2D eigenvalue weighted by Crippen LogP contribution is 2.17. The summed E-state index contributed by atoms with van der Waals surface area (Å²) in [4.78, 5) is 51.9. The summed E-state index contributed by atoms with van der Waals surface area (Å²) in [6.45, 7) is 7.20. The van der Waals surface area contributed by atoms with Crippen molar-refractivity contribution in [1.82, 2.24) is 21.3 Å². The fraction of sp³-hybridized carbons (Fsp3) is 0.500. The Bertz CT molecular complexity index is 1160. The van der Waals surface area contributed by atoms with Crippen LogP contribution in [-0.2, 0) is 41.9 Å². The molecular weight excluding hydrogens is 552 g/mol. The van der Waals surface area contributed by atoms with Crippen LogP contribution >= 0.6 is 0 Å². The lowest BCUT2D eigenvalue weighted by atomic mass is 10.00. The molecule has 0 bridgehead atoms. The van der Waals surface area contributed by atoms with Crippen molar-refractivity contribution in [1.29, 1.82) is 0 Å². The van der Waals surface area contributed by atoms with Crippen molar-refractivity contribution in [2.75, 3.05) is 14.1 Å². The molecule has 0 aliphatic carbocycles. The van der Waals surface area contributed by atoms with Crippen LogP contribution in [0.25, 0.3) is 0 Å². The molecule has 0 spiro atoms. The number of rotatable bonds is 17. The van der Waals surface area contributed by atoms with E-state index in [0.717, 1.165) is 11.1 Å². The van der Waals surface area contributed by atoms with Crippen LogP contribution in [0.1, 0.15) is 45.2 Å². The van der Waals surface area contributed by atoms with Crippen molar-refractivity contribution in [2.24, 2.45) is 11.8 Å². The first-order valence-corrected chi connectivity index (χ1v) is 14.5. The van der Waals surface area contributed by atoms with Crippen LogP contribution in [0.4, 0.5) is 0 Å². The predicted molar refractivity (Wildman–Crippen MR) is 162 cm³/mol. The van der Waals surface area contributed by atoms with Gasteiger partial charge in [0.2, 0.25) is 17.7 Å². The van der Waals surface area contributed by atoms with Gasteiger partial charge in [0.1, 0.15) is 18.2 Å².